The number of ether oxygens (including phenoxy) is 2. The third-order valence-electron chi connectivity index (χ3n) is 6.20. The maximum atomic E-state index is 13.3. The van der Waals surface area contributed by atoms with Crippen molar-refractivity contribution in [2.75, 3.05) is 7.11 Å². The highest BCUT2D eigenvalue weighted by Crippen LogP contribution is 2.44. The number of carbonyl (C=O) groups excluding carboxylic acids is 2. The lowest BCUT2D eigenvalue weighted by Crippen LogP contribution is -2.38. The van der Waals surface area contributed by atoms with Crippen LogP contribution >= 0.6 is 0 Å². The van der Waals surface area contributed by atoms with E-state index in [2.05, 4.69) is 5.32 Å². The smallest absolute Gasteiger partial charge is 0.416 e. The predicted molar refractivity (Wildman–Crippen MR) is 120 cm³/mol. The SMILES string of the molecule is COc1cc(C2CC(=O)C3=C(C2)NC(=O)CC3c2ccc(C(F)(F)F)cc2)ccc1OC(C)C. The molecule has 0 spiro atoms. The van der Waals surface area contributed by atoms with Gasteiger partial charge in [0, 0.05) is 30.0 Å². The number of hydrogen-bond acceptors (Lipinski definition) is 4. The molecule has 8 heteroatoms. The molecule has 2 aliphatic rings. The average molecular weight is 473 g/mol. The minimum Gasteiger partial charge on any atom is -0.493 e. The Morgan fingerprint density at radius 3 is 2.24 bits per heavy atom. The van der Waals surface area contributed by atoms with Crippen molar-refractivity contribution in [1.82, 2.24) is 5.32 Å². The summed E-state index contributed by atoms with van der Waals surface area (Å²) in [6.45, 7) is 3.83. The summed E-state index contributed by atoms with van der Waals surface area (Å²) in [5.41, 5.74) is 1.68. The highest BCUT2D eigenvalue weighted by Gasteiger charge is 2.39. The Kier molecular flexibility index (Phi) is 6.43. The predicted octanol–water partition coefficient (Wildman–Crippen LogP) is 5.51. The molecule has 0 aromatic heterocycles. The highest BCUT2D eigenvalue weighted by molar-refractivity contribution is 6.02. The fourth-order valence-electron chi connectivity index (χ4n) is 4.67. The molecule has 0 radical (unpaired) electrons. The van der Waals surface area contributed by atoms with Crippen LogP contribution in [0.3, 0.4) is 0 Å². The molecule has 180 valence electrons. The van der Waals surface area contributed by atoms with Gasteiger partial charge < -0.3 is 14.8 Å². The van der Waals surface area contributed by atoms with Gasteiger partial charge in [0.25, 0.3) is 0 Å². The molecular weight excluding hydrogens is 447 g/mol. The zero-order valence-corrected chi connectivity index (χ0v) is 19.2. The third-order valence-corrected chi connectivity index (χ3v) is 6.20. The van der Waals surface area contributed by atoms with Crippen LogP contribution in [0, 0.1) is 0 Å². The monoisotopic (exact) mass is 473 g/mol. The van der Waals surface area contributed by atoms with Gasteiger partial charge in [0.05, 0.1) is 18.8 Å². The number of ketones is 1. The lowest BCUT2D eigenvalue weighted by molar-refractivity contribution is -0.137. The number of allylic oxidation sites excluding steroid dienone is 2. The normalized spacial score (nSPS) is 20.8. The second-order valence-corrected chi connectivity index (χ2v) is 8.92. The van der Waals surface area contributed by atoms with Crippen LogP contribution < -0.4 is 14.8 Å². The Morgan fingerprint density at radius 2 is 1.62 bits per heavy atom. The average Bonchev–Trinajstić information content (AvgIpc) is 2.77. The summed E-state index contributed by atoms with van der Waals surface area (Å²) in [7, 11) is 1.55. The molecule has 1 aliphatic heterocycles. The van der Waals surface area contributed by atoms with Gasteiger partial charge in [0.15, 0.2) is 17.3 Å². The van der Waals surface area contributed by atoms with Gasteiger partial charge in [-0.05, 0) is 61.6 Å². The van der Waals surface area contributed by atoms with Gasteiger partial charge in [-0.3, -0.25) is 9.59 Å². The van der Waals surface area contributed by atoms with Gasteiger partial charge in [0.2, 0.25) is 5.91 Å². The Bertz CT molecular complexity index is 1140. The van der Waals surface area contributed by atoms with Crippen LogP contribution in [0.15, 0.2) is 53.7 Å². The van der Waals surface area contributed by atoms with E-state index in [1.165, 1.54) is 12.1 Å². The van der Waals surface area contributed by atoms with Gasteiger partial charge in [-0.25, -0.2) is 0 Å². The second-order valence-electron chi connectivity index (χ2n) is 8.92. The molecule has 0 fully saturated rings. The molecule has 0 bridgehead atoms. The summed E-state index contributed by atoms with van der Waals surface area (Å²) in [6.07, 6.45) is -3.77. The first-order valence-corrected chi connectivity index (χ1v) is 11.1. The summed E-state index contributed by atoms with van der Waals surface area (Å²) in [4.78, 5) is 25.7. The van der Waals surface area contributed by atoms with Crippen molar-refractivity contribution in [2.24, 2.45) is 0 Å². The molecule has 2 aromatic rings. The molecule has 2 atom stereocenters. The molecule has 0 saturated heterocycles. The van der Waals surface area contributed by atoms with E-state index < -0.39 is 17.7 Å². The number of rotatable bonds is 5. The maximum Gasteiger partial charge on any atom is 0.416 e. The Morgan fingerprint density at radius 1 is 0.941 bits per heavy atom. The topological polar surface area (TPSA) is 64.6 Å². The third kappa shape index (κ3) is 4.81. The van der Waals surface area contributed by atoms with Crippen LogP contribution in [0.25, 0.3) is 0 Å². The summed E-state index contributed by atoms with van der Waals surface area (Å²) >= 11 is 0. The number of amides is 1. The number of benzene rings is 2. The van der Waals surface area contributed by atoms with Gasteiger partial charge in [-0.15, -0.1) is 0 Å². The number of methoxy groups -OCH3 is 1. The van der Waals surface area contributed by atoms with E-state index in [0.717, 1.165) is 17.7 Å². The molecule has 2 aromatic carbocycles. The molecule has 1 heterocycles. The highest BCUT2D eigenvalue weighted by atomic mass is 19.4. The molecule has 2 unspecified atom stereocenters. The second kappa shape index (κ2) is 9.16. The summed E-state index contributed by atoms with van der Waals surface area (Å²) < 4.78 is 50.1. The van der Waals surface area contributed by atoms with Crippen molar-refractivity contribution >= 4 is 11.7 Å². The lowest BCUT2D eigenvalue weighted by atomic mass is 9.73. The van der Waals surface area contributed by atoms with Crippen LogP contribution in [-0.4, -0.2) is 24.9 Å². The number of alkyl halides is 3. The van der Waals surface area contributed by atoms with Crippen LogP contribution in [0.5, 0.6) is 11.5 Å². The quantitative estimate of drug-likeness (QED) is 0.622. The molecule has 1 N–H and O–H groups in total. The number of hydrogen-bond donors (Lipinski definition) is 1. The van der Waals surface area contributed by atoms with Crippen molar-refractivity contribution in [2.45, 2.75) is 57.2 Å². The summed E-state index contributed by atoms with van der Waals surface area (Å²) in [5.74, 6) is 0.0779. The summed E-state index contributed by atoms with van der Waals surface area (Å²) in [6, 6.07) is 10.2. The van der Waals surface area contributed by atoms with Gasteiger partial charge in [0.1, 0.15) is 0 Å². The van der Waals surface area contributed by atoms with E-state index in [9.17, 15) is 22.8 Å². The number of nitrogens with one attached hydrogen (secondary N) is 1. The first-order valence-electron chi connectivity index (χ1n) is 11.1. The van der Waals surface area contributed by atoms with Crippen molar-refractivity contribution < 1.29 is 32.2 Å². The van der Waals surface area contributed by atoms with E-state index in [1.807, 2.05) is 32.0 Å². The standard InChI is InChI=1S/C26H26F3NO4/c1-14(2)34-22-9-6-16(12-23(22)33-3)17-10-20-25(21(31)11-17)19(13-24(32)30-20)15-4-7-18(8-5-15)26(27,28)29/h4-9,12,14,17,19H,10-11,13H2,1-3H3,(H,30,32). The molecule has 34 heavy (non-hydrogen) atoms. The minimum atomic E-state index is -4.45. The van der Waals surface area contributed by atoms with Gasteiger partial charge >= 0.3 is 6.18 Å². The first-order chi connectivity index (χ1) is 16.1. The Balaban J connectivity index is 1.64. The van der Waals surface area contributed by atoms with Crippen molar-refractivity contribution in [3.8, 4) is 11.5 Å². The van der Waals surface area contributed by atoms with E-state index in [4.69, 9.17) is 9.47 Å². The van der Waals surface area contributed by atoms with Gasteiger partial charge in [-0.2, -0.15) is 13.2 Å². The Labute approximate surface area is 195 Å². The van der Waals surface area contributed by atoms with Crippen LogP contribution in [-0.2, 0) is 15.8 Å². The Hall–Kier alpha value is -3.29. The fourth-order valence-corrected chi connectivity index (χ4v) is 4.67. The zero-order valence-electron chi connectivity index (χ0n) is 19.2. The largest absolute Gasteiger partial charge is 0.493 e. The molecule has 4 rings (SSSR count). The fraction of sp³-hybridized carbons (Fsp3) is 0.385. The minimum absolute atomic E-state index is 0.0235. The molecule has 1 aliphatic carbocycles. The molecular formula is C26H26F3NO4. The number of carbonyl (C=O) groups is 2. The zero-order chi connectivity index (χ0) is 24.6. The maximum absolute atomic E-state index is 13.3. The van der Waals surface area contributed by atoms with Crippen molar-refractivity contribution in [3.63, 3.8) is 0 Å². The van der Waals surface area contributed by atoms with E-state index >= 15 is 0 Å². The van der Waals surface area contributed by atoms with E-state index in [1.54, 1.807) is 7.11 Å². The number of Topliss-reactive ketones (excluding diaryl/α,β-unsaturated/α-hetero) is 1. The van der Waals surface area contributed by atoms with Crippen molar-refractivity contribution in [1.29, 1.82) is 0 Å². The van der Waals surface area contributed by atoms with E-state index in [0.29, 0.717) is 34.8 Å². The molecule has 5 nitrogen and oxygen atoms in total. The van der Waals surface area contributed by atoms with E-state index in [-0.39, 0.29) is 36.6 Å². The van der Waals surface area contributed by atoms with Crippen LogP contribution in [0.2, 0.25) is 0 Å². The van der Waals surface area contributed by atoms with Crippen LogP contribution in [0.1, 0.15) is 61.6 Å². The molecule has 1 amide bonds. The van der Waals surface area contributed by atoms with Crippen molar-refractivity contribution in [3.05, 3.63) is 70.4 Å². The van der Waals surface area contributed by atoms with Gasteiger partial charge in [-0.1, -0.05) is 18.2 Å². The first kappa shape index (κ1) is 23.9. The number of halogens is 3. The van der Waals surface area contributed by atoms with Crippen LogP contribution in [0.4, 0.5) is 13.2 Å². The molecule has 0 saturated carbocycles. The lowest BCUT2D eigenvalue weighted by Gasteiger charge is -2.34. The summed E-state index contributed by atoms with van der Waals surface area (Å²) in [5, 5.41) is 2.83.